The highest BCUT2D eigenvalue weighted by atomic mass is 16.5. The van der Waals surface area contributed by atoms with Crippen LogP contribution >= 0.6 is 0 Å². The van der Waals surface area contributed by atoms with Crippen LogP contribution in [0.25, 0.3) is 0 Å². The van der Waals surface area contributed by atoms with Gasteiger partial charge in [-0.2, -0.15) is 0 Å². The minimum absolute atomic E-state index is 0.0232. The first kappa shape index (κ1) is 21.4. The highest BCUT2D eigenvalue weighted by Crippen LogP contribution is 2.23. The Morgan fingerprint density at radius 2 is 1.47 bits per heavy atom. The SMILES string of the molecule is COc1ccc(NC(=O)c2ccc(NC(=O)CNC(=O)C3CCCCC3)cc2)cc1. The maximum atomic E-state index is 12.4. The number of rotatable bonds is 7. The minimum atomic E-state index is -0.297. The van der Waals surface area contributed by atoms with Gasteiger partial charge in [-0.15, -0.1) is 0 Å². The molecule has 1 aliphatic rings. The van der Waals surface area contributed by atoms with Gasteiger partial charge in [-0.1, -0.05) is 19.3 Å². The minimum Gasteiger partial charge on any atom is -0.497 e. The molecule has 0 aliphatic heterocycles. The predicted octanol–water partition coefficient (Wildman–Crippen LogP) is 3.58. The number of hydrogen-bond acceptors (Lipinski definition) is 4. The molecule has 0 saturated heterocycles. The number of amides is 3. The standard InChI is InChI=1S/C23H27N3O4/c1-30-20-13-11-19(12-14-20)26-23(29)17-7-9-18(10-8-17)25-21(27)15-24-22(28)16-5-3-2-4-6-16/h7-14,16H,2-6,15H2,1H3,(H,24,28)(H,25,27)(H,26,29). The van der Waals surface area contributed by atoms with Crippen LogP contribution in [0.1, 0.15) is 42.5 Å². The smallest absolute Gasteiger partial charge is 0.255 e. The van der Waals surface area contributed by atoms with Gasteiger partial charge in [-0.3, -0.25) is 14.4 Å². The summed E-state index contributed by atoms with van der Waals surface area (Å²) in [5.41, 5.74) is 1.69. The van der Waals surface area contributed by atoms with E-state index in [2.05, 4.69) is 16.0 Å². The van der Waals surface area contributed by atoms with Gasteiger partial charge in [0.15, 0.2) is 0 Å². The fraction of sp³-hybridized carbons (Fsp3) is 0.348. The van der Waals surface area contributed by atoms with Crippen molar-refractivity contribution < 1.29 is 19.1 Å². The van der Waals surface area contributed by atoms with Crippen molar-refractivity contribution in [3.05, 3.63) is 54.1 Å². The van der Waals surface area contributed by atoms with Gasteiger partial charge in [0.25, 0.3) is 5.91 Å². The molecule has 1 fully saturated rings. The lowest BCUT2D eigenvalue weighted by molar-refractivity contribution is -0.128. The van der Waals surface area contributed by atoms with E-state index in [1.165, 1.54) is 6.42 Å². The molecule has 30 heavy (non-hydrogen) atoms. The summed E-state index contributed by atoms with van der Waals surface area (Å²) in [6.07, 6.45) is 5.12. The maximum Gasteiger partial charge on any atom is 0.255 e. The van der Waals surface area contributed by atoms with E-state index in [-0.39, 0.29) is 30.2 Å². The molecular weight excluding hydrogens is 382 g/mol. The van der Waals surface area contributed by atoms with E-state index in [0.717, 1.165) is 25.7 Å². The Kier molecular flexibility index (Phi) is 7.43. The second-order valence-corrected chi connectivity index (χ2v) is 7.36. The molecule has 2 aromatic carbocycles. The van der Waals surface area contributed by atoms with Crippen molar-refractivity contribution in [1.29, 1.82) is 0 Å². The Morgan fingerprint density at radius 3 is 2.10 bits per heavy atom. The number of carbonyl (C=O) groups is 3. The molecule has 0 atom stereocenters. The largest absolute Gasteiger partial charge is 0.497 e. The van der Waals surface area contributed by atoms with Crippen LogP contribution in [0.3, 0.4) is 0 Å². The van der Waals surface area contributed by atoms with Crippen molar-refractivity contribution in [3.63, 3.8) is 0 Å². The molecule has 3 rings (SSSR count). The molecule has 158 valence electrons. The van der Waals surface area contributed by atoms with Crippen molar-refractivity contribution in [3.8, 4) is 5.75 Å². The van der Waals surface area contributed by atoms with Crippen LogP contribution < -0.4 is 20.7 Å². The molecule has 0 spiro atoms. The summed E-state index contributed by atoms with van der Waals surface area (Å²) in [6, 6.07) is 13.6. The molecule has 3 amide bonds. The van der Waals surface area contributed by atoms with Crippen LogP contribution in [-0.4, -0.2) is 31.4 Å². The van der Waals surface area contributed by atoms with E-state index in [1.807, 2.05) is 0 Å². The van der Waals surface area contributed by atoms with Crippen LogP contribution in [0.2, 0.25) is 0 Å². The van der Waals surface area contributed by atoms with E-state index in [1.54, 1.807) is 55.6 Å². The fourth-order valence-electron chi connectivity index (χ4n) is 3.46. The number of carbonyl (C=O) groups excluding carboxylic acids is 3. The third kappa shape index (κ3) is 6.07. The predicted molar refractivity (Wildman–Crippen MR) is 116 cm³/mol. The first-order valence-corrected chi connectivity index (χ1v) is 10.2. The molecule has 0 unspecified atom stereocenters. The molecule has 0 radical (unpaired) electrons. The molecule has 1 aliphatic carbocycles. The van der Waals surface area contributed by atoms with Crippen LogP contribution in [0.4, 0.5) is 11.4 Å². The van der Waals surface area contributed by atoms with Crippen molar-refractivity contribution in [2.24, 2.45) is 5.92 Å². The Hall–Kier alpha value is -3.35. The summed E-state index contributed by atoms with van der Waals surface area (Å²) in [7, 11) is 1.58. The van der Waals surface area contributed by atoms with Crippen molar-refractivity contribution in [1.82, 2.24) is 5.32 Å². The van der Waals surface area contributed by atoms with Crippen molar-refractivity contribution in [2.75, 3.05) is 24.3 Å². The normalized spacial score (nSPS) is 13.9. The fourth-order valence-corrected chi connectivity index (χ4v) is 3.46. The molecule has 7 heteroatoms. The summed E-state index contributed by atoms with van der Waals surface area (Å²) in [6.45, 7) is -0.0605. The summed E-state index contributed by atoms with van der Waals surface area (Å²) in [5, 5.41) is 8.25. The number of methoxy groups -OCH3 is 1. The van der Waals surface area contributed by atoms with Crippen LogP contribution in [-0.2, 0) is 9.59 Å². The van der Waals surface area contributed by atoms with Crippen LogP contribution in [0, 0.1) is 5.92 Å². The summed E-state index contributed by atoms with van der Waals surface area (Å²) < 4.78 is 5.09. The lowest BCUT2D eigenvalue weighted by Crippen LogP contribution is -2.37. The van der Waals surface area contributed by atoms with Gasteiger partial charge in [0.1, 0.15) is 5.75 Å². The summed E-state index contributed by atoms with van der Waals surface area (Å²) in [4.78, 5) is 36.6. The Bertz CT molecular complexity index is 872. The molecule has 7 nitrogen and oxygen atoms in total. The van der Waals surface area contributed by atoms with Gasteiger partial charge in [-0.25, -0.2) is 0 Å². The van der Waals surface area contributed by atoms with E-state index < -0.39 is 0 Å². The molecule has 0 heterocycles. The molecule has 3 N–H and O–H groups in total. The van der Waals surface area contributed by atoms with Gasteiger partial charge < -0.3 is 20.7 Å². The lowest BCUT2D eigenvalue weighted by atomic mass is 9.89. The average Bonchev–Trinajstić information content (AvgIpc) is 2.79. The monoisotopic (exact) mass is 409 g/mol. The lowest BCUT2D eigenvalue weighted by Gasteiger charge is -2.20. The Labute approximate surface area is 176 Å². The first-order chi connectivity index (χ1) is 14.5. The average molecular weight is 409 g/mol. The van der Waals surface area contributed by atoms with Gasteiger partial charge in [0.05, 0.1) is 13.7 Å². The molecule has 1 saturated carbocycles. The van der Waals surface area contributed by atoms with E-state index >= 15 is 0 Å². The zero-order valence-corrected chi connectivity index (χ0v) is 17.1. The first-order valence-electron chi connectivity index (χ1n) is 10.2. The number of anilines is 2. The van der Waals surface area contributed by atoms with E-state index in [4.69, 9.17) is 4.74 Å². The number of benzene rings is 2. The van der Waals surface area contributed by atoms with Gasteiger partial charge in [-0.05, 0) is 61.4 Å². The molecular formula is C23H27N3O4. The summed E-state index contributed by atoms with van der Waals surface area (Å²) in [5.74, 6) is 0.140. The number of ether oxygens (including phenoxy) is 1. The maximum absolute atomic E-state index is 12.4. The van der Waals surface area contributed by atoms with Crippen LogP contribution in [0.5, 0.6) is 5.75 Å². The topological polar surface area (TPSA) is 96.5 Å². The highest BCUT2D eigenvalue weighted by molar-refractivity contribution is 6.04. The number of hydrogen-bond donors (Lipinski definition) is 3. The van der Waals surface area contributed by atoms with Crippen LogP contribution in [0.15, 0.2) is 48.5 Å². The van der Waals surface area contributed by atoms with E-state index in [9.17, 15) is 14.4 Å². The third-order valence-electron chi connectivity index (χ3n) is 5.18. The second kappa shape index (κ2) is 10.4. The zero-order chi connectivity index (χ0) is 21.3. The molecule has 2 aromatic rings. The summed E-state index contributed by atoms with van der Waals surface area (Å²) >= 11 is 0. The number of nitrogens with one attached hydrogen (secondary N) is 3. The van der Waals surface area contributed by atoms with E-state index in [0.29, 0.717) is 22.7 Å². The van der Waals surface area contributed by atoms with Gasteiger partial charge >= 0.3 is 0 Å². The third-order valence-corrected chi connectivity index (χ3v) is 5.18. The Balaban J connectivity index is 1.46. The molecule has 0 aromatic heterocycles. The highest BCUT2D eigenvalue weighted by Gasteiger charge is 2.21. The quantitative estimate of drug-likeness (QED) is 0.651. The Morgan fingerprint density at radius 1 is 0.867 bits per heavy atom. The zero-order valence-electron chi connectivity index (χ0n) is 17.1. The van der Waals surface area contributed by atoms with Gasteiger partial charge in [0, 0.05) is 22.9 Å². The van der Waals surface area contributed by atoms with Gasteiger partial charge in [0.2, 0.25) is 11.8 Å². The second-order valence-electron chi connectivity index (χ2n) is 7.36. The molecule has 0 bridgehead atoms. The van der Waals surface area contributed by atoms with Crippen molar-refractivity contribution in [2.45, 2.75) is 32.1 Å². The van der Waals surface area contributed by atoms with Crippen molar-refractivity contribution >= 4 is 29.1 Å².